The van der Waals surface area contributed by atoms with Crippen molar-refractivity contribution in [2.24, 2.45) is 0 Å². The number of nitrogens with one attached hydrogen (secondary N) is 1. The first-order chi connectivity index (χ1) is 16.9. The third-order valence-corrected chi connectivity index (χ3v) is 7.84. The molecule has 4 aromatic rings. The SMILES string of the molecule is Cc1ccc2cc3cc(C(=O)N(CC(=O)NC4CCCC4)c4ccc(C(C)C)cc4)sc3nc2c1. The summed E-state index contributed by atoms with van der Waals surface area (Å²) in [5.74, 6) is 0.107. The number of rotatable bonds is 6. The molecule has 2 amide bonds. The smallest absolute Gasteiger partial charge is 0.268 e. The van der Waals surface area contributed by atoms with Crippen LogP contribution in [0.4, 0.5) is 5.69 Å². The molecule has 0 saturated heterocycles. The van der Waals surface area contributed by atoms with Crippen LogP contribution in [0.2, 0.25) is 0 Å². The molecule has 2 aromatic carbocycles. The van der Waals surface area contributed by atoms with E-state index >= 15 is 0 Å². The van der Waals surface area contributed by atoms with E-state index in [2.05, 4.69) is 43.4 Å². The Labute approximate surface area is 210 Å². The van der Waals surface area contributed by atoms with Gasteiger partial charge in [-0.2, -0.15) is 0 Å². The average Bonchev–Trinajstić information content (AvgIpc) is 3.50. The second-order valence-corrected chi connectivity index (χ2v) is 10.9. The number of hydrogen-bond acceptors (Lipinski definition) is 4. The number of carbonyl (C=O) groups is 2. The van der Waals surface area contributed by atoms with Crippen LogP contribution >= 0.6 is 11.3 Å². The molecule has 5 nitrogen and oxygen atoms in total. The van der Waals surface area contributed by atoms with Crippen molar-refractivity contribution in [1.29, 1.82) is 0 Å². The Morgan fingerprint density at radius 3 is 2.49 bits per heavy atom. The van der Waals surface area contributed by atoms with Crippen LogP contribution in [0.3, 0.4) is 0 Å². The first kappa shape index (κ1) is 23.5. The van der Waals surface area contributed by atoms with Gasteiger partial charge in [0.1, 0.15) is 11.4 Å². The predicted octanol–water partition coefficient (Wildman–Crippen LogP) is 6.59. The molecule has 35 heavy (non-hydrogen) atoms. The lowest BCUT2D eigenvalue weighted by molar-refractivity contribution is -0.120. The maximum absolute atomic E-state index is 13.8. The summed E-state index contributed by atoms with van der Waals surface area (Å²) in [5.41, 5.74) is 4.01. The number of nitrogens with zero attached hydrogens (tertiary/aromatic N) is 2. The summed E-state index contributed by atoms with van der Waals surface area (Å²) >= 11 is 1.38. The van der Waals surface area contributed by atoms with Gasteiger partial charge in [0, 0.05) is 22.5 Å². The zero-order valence-corrected chi connectivity index (χ0v) is 21.3. The molecule has 1 saturated carbocycles. The summed E-state index contributed by atoms with van der Waals surface area (Å²) in [5, 5.41) is 5.12. The van der Waals surface area contributed by atoms with Crippen molar-refractivity contribution in [2.75, 3.05) is 11.4 Å². The Morgan fingerprint density at radius 1 is 1.03 bits per heavy atom. The maximum Gasteiger partial charge on any atom is 0.268 e. The van der Waals surface area contributed by atoms with E-state index in [1.165, 1.54) is 16.9 Å². The molecule has 1 N–H and O–H groups in total. The zero-order valence-electron chi connectivity index (χ0n) is 20.5. The fourth-order valence-corrected chi connectivity index (χ4v) is 5.75. The highest BCUT2D eigenvalue weighted by Gasteiger charge is 2.25. The fraction of sp³-hybridized carbons (Fsp3) is 0.345. The molecule has 1 aliphatic rings. The minimum Gasteiger partial charge on any atom is -0.352 e. The molecular formula is C29H31N3O2S. The number of pyridine rings is 1. The number of aryl methyl sites for hydroxylation is 1. The van der Waals surface area contributed by atoms with Gasteiger partial charge in [0.2, 0.25) is 5.91 Å². The number of fused-ring (bicyclic) bond motifs is 2. The largest absolute Gasteiger partial charge is 0.352 e. The van der Waals surface area contributed by atoms with E-state index in [0.29, 0.717) is 10.8 Å². The van der Waals surface area contributed by atoms with Crippen LogP contribution in [0.1, 0.15) is 66.2 Å². The highest BCUT2D eigenvalue weighted by Crippen LogP contribution is 2.30. The van der Waals surface area contributed by atoms with Crippen LogP contribution in [-0.2, 0) is 4.79 Å². The van der Waals surface area contributed by atoms with Crippen LogP contribution in [0.5, 0.6) is 0 Å². The van der Waals surface area contributed by atoms with E-state index in [9.17, 15) is 9.59 Å². The molecule has 0 spiro atoms. The van der Waals surface area contributed by atoms with Gasteiger partial charge in [-0.15, -0.1) is 11.3 Å². The van der Waals surface area contributed by atoms with E-state index in [1.807, 2.05) is 37.3 Å². The van der Waals surface area contributed by atoms with Crippen LogP contribution in [0.15, 0.2) is 54.6 Å². The van der Waals surface area contributed by atoms with Crippen LogP contribution in [0.25, 0.3) is 21.1 Å². The number of carbonyl (C=O) groups excluding carboxylic acids is 2. The highest BCUT2D eigenvalue weighted by atomic mass is 32.1. The summed E-state index contributed by atoms with van der Waals surface area (Å²) in [6.07, 6.45) is 4.31. The van der Waals surface area contributed by atoms with E-state index < -0.39 is 0 Å². The molecule has 0 aliphatic heterocycles. The zero-order chi connectivity index (χ0) is 24.5. The molecule has 0 unspecified atom stereocenters. The maximum atomic E-state index is 13.8. The Balaban J connectivity index is 1.47. The number of hydrogen-bond donors (Lipinski definition) is 1. The van der Waals surface area contributed by atoms with Crippen molar-refractivity contribution in [3.05, 3.63) is 70.6 Å². The second kappa shape index (κ2) is 9.78. The van der Waals surface area contributed by atoms with Crippen LogP contribution < -0.4 is 10.2 Å². The summed E-state index contributed by atoms with van der Waals surface area (Å²) in [4.78, 5) is 34.5. The van der Waals surface area contributed by atoms with Crippen molar-refractivity contribution in [2.45, 2.75) is 58.4 Å². The molecular weight excluding hydrogens is 454 g/mol. The molecule has 6 heteroatoms. The van der Waals surface area contributed by atoms with Gasteiger partial charge in [0.05, 0.1) is 10.4 Å². The summed E-state index contributed by atoms with van der Waals surface area (Å²) in [6, 6.07) is 18.4. The van der Waals surface area contributed by atoms with E-state index in [0.717, 1.165) is 58.1 Å². The lowest BCUT2D eigenvalue weighted by atomic mass is 10.0. The third kappa shape index (κ3) is 5.08. The predicted molar refractivity (Wildman–Crippen MR) is 144 cm³/mol. The van der Waals surface area contributed by atoms with Gasteiger partial charge in [-0.1, -0.05) is 51.0 Å². The van der Waals surface area contributed by atoms with Gasteiger partial charge in [0.15, 0.2) is 0 Å². The van der Waals surface area contributed by atoms with Gasteiger partial charge in [-0.05, 0) is 67.1 Å². The number of anilines is 1. The summed E-state index contributed by atoms with van der Waals surface area (Å²) < 4.78 is 0. The molecule has 0 bridgehead atoms. The number of aromatic nitrogens is 1. The molecule has 0 radical (unpaired) electrons. The Morgan fingerprint density at radius 2 is 1.77 bits per heavy atom. The molecule has 2 heterocycles. The van der Waals surface area contributed by atoms with Crippen molar-refractivity contribution in [3.63, 3.8) is 0 Å². The third-order valence-electron chi connectivity index (χ3n) is 6.81. The van der Waals surface area contributed by atoms with E-state index in [1.54, 1.807) is 4.90 Å². The molecule has 180 valence electrons. The Bertz CT molecular complexity index is 1380. The van der Waals surface area contributed by atoms with Gasteiger partial charge >= 0.3 is 0 Å². The van der Waals surface area contributed by atoms with Gasteiger partial charge in [0.25, 0.3) is 5.91 Å². The van der Waals surface area contributed by atoms with Crippen molar-refractivity contribution in [3.8, 4) is 0 Å². The van der Waals surface area contributed by atoms with Crippen molar-refractivity contribution < 1.29 is 9.59 Å². The normalized spacial score (nSPS) is 14.2. The van der Waals surface area contributed by atoms with Gasteiger partial charge in [-0.3, -0.25) is 14.5 Å². The first-order valence-electron chi connectivity index (χ1n) is 12.4. The van der Waals surface area contributed by atoms with E-state index in [4.69, 9.17) is 4.98 Å². The van der Waals surface area contributed by atoms with E-state index in [-0.39, 0.29) is 24.4 Å². The van der Waals surface area contributed by atoms with Gasteiger partial charge in [-0.25, -0.2) is 4.98 Å². The topological polar surface area (TPSA) is 62.3 Å². The minimum absolute atomic E-state index is 0.000791. The monoisotopic (exact) mass is 485 g/mol. The number of amides is 2. The van der Waals surface area contributed by atoms with Crippen molar-refractivity contribution >= 4 is 50.0 Å². The quantitative estimate of drug-likeness (QED) is 0.335. The molecule has 1 fully saturated rings. The lowest BCUT2D eigenvalue weighted by Crippen LogP contribution is -2.43. The molecule has 1 aliphatic carbocycles. The molecule has 5 rings (SSSR count). The number of thiophene rings is 1. The average molecular weight is 486 g/mol. The second-order valence-electron chi connectivity index (χ2n) is 9.88. The molecule has 0 atom stereocenters. The fourth-order valence-electron chi connectivity index (χ4n) is 4.78. The lowest BCUT2D eigenvalue weighted by Gasteiger charge is -2.23. The first-order valence-corrected chi connectivity index (χ1v) is 13.2. The Kier molecular flexibility index (Phi) is 6.56. The number of benzene rings is 2. The standard InChI is InChI=1S/C29H31N3O2S/c1-18(2)20-10-12-24(13-11-20)32(17-27(33)30-23-6-4-5-7-23)29(34)26-16-22-15-21-9-8-19(3)14-25(21)31-28(22)35-26/h8-16,18,23H,4-7,17H2,1-3H3,(H,30,33). The summed E-state index contributed by atoms with van der Waals surface area (Å²) in [7, 11) is 0. The van der Waals surface area contributed by atoms with Crippen LogP contribution in [-0.4, -0.2) is 29.4 Å². The minimum atomic E-state index is -0.174. The van der Waals surface area contributed by atoms with Crippen molar-refractivity contribution in [1.82, 2.24) is 10.3 Å². The highest BCUT2D eigenvalue weighted by molar-refractivity contribution is 7.20. The molecule has 2 aromatic heterocycles. The summed E-state index contributed by atoms with van der Waals surface area (Å²) in [6.45, 7) is 6.33. The van der Waals surface area contributed by atoms with Gasteiger partial charge < -0.3 is 5.32 Å². The Hall–Kier alpha value is -3.25. The van der Waals surface area contributed by atoms with Crippen LogP contribution in [0, 0.1) is 6.92 Å².